The van der Waals surface area contributed by atoms with Crippen molar-refractivity contribution in [2.75, 3.05) is 6.54 Å². The van der Waals surface area contributed by atoms with Crippen molar-refractivity contribution in [1.82, 2.24) is 10.3 Å². The minimum atomic E-state index is -0.672. The fraction of sp³-hybridized carbons (Fsp3) is 0.267. The summed E-state index contributed by atoms with van der Waals surface area (Å²) < 4.78 is 31.6. The Morgan fingerprint density at radius 1 is 1.05 bits per heavy atom. The number of nitrogens with one attached hydrogen (secondary N) is 1. The van der Waals surface area contributed by atoms with E-state index in [0.29, 0.717) is 12.3 Å². The van der Waals surface area contributed by atoms with Gasteiger partial charge in [0, 0.05) is 30.9 Å². The first-order chi connectivity index (χ1) is 9.67. The second kappa shape index (κ2) is 6.96. The molecule has 2 aromatic rings. The average Bonchev–Trinajstić information content (AvgIpc) is 2.38. The highest BCUT2D eigenvalue weighted by Gasteiger charge is 2.04. The first-order valence-electron chi connectivity index (χ1n) is 6.46. The van der Waals surface area contributed by atoms with Crippen LogP contribution in [-0.4, -0.2) is 11.5 Å². The molecule has 1 aromatic heterocycles. The van der Waals surface area contributed by atoms with E-state index in [9.17, 15) is 8.78 Å². The molecule has 0 aliphatic heterocycles. The van der Waals surface area contributed by atoms with Gasteiger partial charge < -0.3 is 10.1 Å². The molecule has 0 atom stereocenters. The molecule has 2 rings (SSSR count). The minimum absolute atomic E-state index is 0.114. The SMILES string of the molecule is CCCNCc1cncc(Oc2cc(F)cc(F)c2)c1. The number of hydrogen-bond donors (Lipinski definition) is 1. The van der Waals surface area contributed by atoms with Crippen molar-refractivity contribution < 1.29 is 13.5 Å². The molecular weight excluding hydrogens is 262 g/mol. The molecule has 0 saturated carbocycles. The molecule has 0 fully saturated rings. The fourth-order valence-corrected chi connectivity index (χ4v) is 1.75. The van der Waals surface area contributed by atoms with Crippen molar-refractivity contribution in [3.8, 4) is 11.5 Å². The van der Waals surface area contributed by atoms with Crippen LogP contribution in [0, 0.1) is 11.6 Å². The van der Waals surface area contributed by atoms with E-state index in [1.165, 1.54) is 6.20 Å². The van der Waals surface area contributed by atoms with Crippen LogP contribution in [0.3, 0.4) is 0 Å². The molecule has 1 heterocycles. The molecule has 0 unspecified atom stereocenters. The molecule has 0 amide bonds. The van der Waals surface area contributed by atoms with E-state index in [1.54, 1.807) is 12.3 Å². The predicted molar refractivity (Wildman–Crippen MR) is 72.7 cm³/mol. The van der Waals surface area contributed by atoms with Gasteiger partial charge in [0.25, 0.3) is 0 Å². The molecule has 0 spiro atoms. The van der Waals surface area contributed by atoms with Crippen LogP contribution in [0.1, 0.15) is 18.9 Å². The summed E-state index contributed by atoms with van der Waals surface area (Å²) in [6.07, 6.45) is 4.28. The minimum Gasteiger partial charge on any atom is -0.456 e. The van der Waals surface area contributed by atoms with E-state index in [2.05, 4.69) is 17.2 Å². The predicted octanol–water partition coefficient (Wildman–Crippen LogP) is 3.65. The van der Waals surface area contributed by atoms with Gasteiger partial charge in [-0.15, -0.1) is 0 Å². The Bertz CT molecular complexity index is 555. The van der Waals surface area contributed by atoms with Crippen molar-refractivity contribution in [2.45, 2.75) is 19.9 Å². The highest BCUT2D eigenvalue weighted by atomic mass is 19.1. The molecule has 0 saturated heterocycles. The van der Waals surface area contributed by atoms with Crippen molar-refractivity contribution in [1.29, 1.82) is 0 Å². The van der Waals surface area contributed by atoms with Gasteiger partial charge in [-0.3, -0.25) is 4.98 Å². The summed E-state index contributed by atoms with van der Waals surface area (Å²) in [6, 6.07) is 4.85. The number of halogens is 2. The number of nitrogens with zero attached hydrogens (tertiary/aromatic N) is 1. The summed E-state index contributed by atoms with van der Waals surface area (Å²) in [5, 5.41) is 3.25. The molecule has 1 aromatic carbocycles. The summed E-state index contributed by atoms with van der Waals surface area (Å²) in [5.41, 5.74) is 0.952. The molecule has 0 radical (unpaired) electrons. The van der Waals surface area contributed by atoms with E-state index in [-0.39, 0.29) is 5.75 Å². The third kappa shape index (κ3) is 4.28. The maximum absolute atomic E-state index is 13.1. The maximum atomic E-state index is 13.1. The molecule has 0 bridgehead atoms. The van der Waals surface area contributed by atoms with E-state index in [4.69, 9.17) is 4.74 Å². The van der Waals surface area contributed by atoms with Crippen LogP contribution in [0.15, 0.2) is 36.7 Å². The smallest absolute Gasteiger partial charge is 0.146 e. The fourth-order valence-electron chi connectivity index (χ4n) is 1.75. The van der Waals surface area contributed by atoms with Crippen LogP contribution >= 0.6 is 0 Å². The lowest BCUT2D eigenvalue weighted by Crippen LogP contribution is -2.13. The Hall–Kier alpha value is -2.01. The molecule has 3 nitrogen and oxygen atoms in total. The lowest BCUT2D eigenvalue weighted by atomic mass is 10.2. The Labute approximate surface area is 116 Å². The van der Waals surface area contributed by atoms with Crippen LogP contribution in [0.2, 0.25) is 0 Å². The molecular formula is C15H16F2N2O. The van der Waals surface area contributed by atoms with Gasteiger partial charge in [0.05, 0.1) is 6.20 Å². The van der Waals surface area contributed by atoms with Crippen LogP contribution in [0.5, 0.6) is 11.5 Å². The van der Waals surface area contributed by atoms with Gasteiger partial charge >= 0.3 is 0 Å². The van der Waals surface area contributed by atoms with Crippen LogP contribution < -0.4 is 10.1 Å². The highest BCUT2D eigenvalue weighted by molar-refractivity contribution is 5.32. The summed E-state index contributed by atoms with van der Waals surface area (Å²) in [6.45, 7) is 3.68. The normalized spacial score (nSPS) is 10.6. The van der Waals surface area contributed by atoms with E-state index in [0.717, 1.165) is 36.7 Å². The number of pyridine rings is 1. The summed E-state index contributed by atoms with van der Waals surface area (Å²) in [7, 11) is 0. The summed E-state index contributed by atoms with van der Waals surface area (Å²) in [5.74, 6) is -0.781. The second-order valence-corrected chi connectivity index (χ2v) is 4.41. The Morgan fingerprint density at radius 3 is 2.50 bits per heavy atom. The maximum Gasteiger partial charge on any atom is 0.146 e. The Morgan fingerprint density at radius 2 is 1.80 bits per heavy atom. The Kier molecular flexibility index (Phi) is 5.01. The summed E-state index contributed by atoms with van der Waals surface area (Å²) in [4.78, 5) is 4.05. The topological polar surface area (TPSA) is 34.2 Å². The quantitative estimate of drug-likeness (QED) is 0.819. The van der Waals surface area contributed by atoms with Gasteiger partial charge in [0.2, 0.25) is 0 Å². The number of hydrogen-bond acceptors (Lipinski definition) is 3. The molecule has 106 valence electrons. The lowest BCUT2D eigenvalue weighted by Gasteiger charge is -2.08. The van der Waals surface area contributed by atoms with Crippen LogP contribution in [-0.2, 0) is 6.54 Å². The second-order valence-electron chi connectivity index (χ2n) is 4.41. The van der Waals surface area contributed by atoms with E-state index >= 15 is 0 Å². The zero-order chi connectivity index (χ0) is 14.4. The van der Waals surface area contributed by atoms with Gasteiger partial charge in [-0.25, -0.2) is 8.78 Å². The van der Waals surface area contributed by atoms with Crippen molar-refractivity contribution in [2.24, 2.45) is 0 Å². The number of ether oxygens (including phenoxy) is 1. The van der Waals surface area contributed by atoms with Crippen molar-refractivity contribution in [3.63, 3.8) is 0 Å². The van der Waals surface area contributed by atoms with E-state index in [1.807, 2.05) is 0 Å². The molecule has 20 heavy (non-hydrogen) atoms. The third-order valence-corrected chi connectivity index (χ3v) is 2.60. The Balaban J connectivity index is 2.07. The van der Waals surface area contributed by atoms with Gasteiger partial charge in [0.15, 0.2) is 0 Å². The monoisotopic (exact) mass is 278 g/mol. The summed E-state index contributed by atoms with van der Waals surface area (Å²) >= 11 is 0. The molecule has 5 heteroatoms. The van der Waals surface area contributed by atoms with E-state index < -0.39 is 11.6 Å². The van der Waals surface area contributed by atoms with Gasteiger partial charge in [-0.05, 0) is 24.6 Å². The van der Waals surface area contributed by atoms with Gasteiger partial charge in [-0.2, -0.15) is 0 Å². The first kappa shape index (κ1) is 14.4. The van der Waals surface area contributed by atoms with Gasteiger partial charge in [0.1, 0.15) is 23.1 Å². The number of benzene rings is 1. The zero-order valence-corrected chi connectivity index (χ0v) is 11.2. The first-order valence-corrected chi connectivity index (χ1v) is 6.46. The average molecular weight is 278 g/mol. The molecule has 0 aliphatic rings. The molecule has 0 aliphatic carbocycles. The largest absolute Gasteiger partial charge is 0.456 e. The lowest BCUT2D eigenvalue weighted by molar-refractivity contribution is 0.465. The van der Waals surface area contributed by atoms with Crippen molar-refractivity contribution >= 4 is 0 Å². The van der Waals surface area contributed by atoms with Crippen LogP contribution in [0.4, 0.5) is 8.78 Å². The number of aromatic nitrogens is 1. The van der Waals surface area contributed by atoms with Crippen molar-refractivity contribution in [3.05, 3.63) is 53.9 Å². The highest BCUT2D eigenvalue weighted by Crippen LogP contribution is 2.23. The van der Waals surface area contributed by atoms with Gasteiger partial charge in [-0.1, -0.05) is 6.92 Å². The standard InChI is InChI=1S/C15H16F2N2O/c1-2-3-18-8-11-4-15(10-19-9-11)20-14-6-12(16)5-13(17)7-14/h4-7,9-10,18H,2-3,8H2,1H3. The molecule has 1 N–H and O–H groups in total. The third-order valence-electron chi connectivity index (χ3n) is 2.60. The van der Waals surface area contributed by atoms with Crippen LogP contribution in [0.25, 0.3) is 0 Å². The zero-order valence-electron chi connectivity index (χ0n) is 11.2. The number of rotatable bonds is 6.